The number of nitrogens with one attached hydrogen (secondary N) is 1. The Kier molecular flexibility index (Phi) is 7.92. The highest BCUT2D eigenvalue weighted by Gasteiger charge is 2.02. The minimum absolute atomic E-state index is 0.286. The fourth-order valence-corrected chi connectivity index (χ4v) is 2.97. The Labute approximate surface area is 148 Å². The normalized spacial score (nSPS) is 9.88. The van der Waals surface area contributed by atoms with Gasteiger partial charge in [-0.2, -0.15) is 0 Å². The van der Waals surface area contributed by atoms with E-state index in [-0.39, 0.29) is 6.61 Å². The molecule has 2 rings (SSSR count). The monoisotopic (exact) mass is 341 g/mol. The molecule has 0 spiro atoms. The second-order valence-electron chi connectivity index (χ2n) is 5.42. The fraction of sp³-hybridized carbons (Fsp3) is 0.350. The van der Waals surface area contributed by atoms with E-state index in [9.17, 15) is 4.79 Å². The maximum absolute atomic E-state index is 11.6. The van der Waals surface area contributed by atoms with Gasteiger partial charge in [0.15, 0.2) is 0 Å². The average Bonchev–Trinajstić information content (AvgIpc) is 3.06. The lowest BCUT2D eigenvalue weighted by atomic mass is 10.1. The van der Waals surface area contributed by atoms with Gasteiger partial charge < -0.3 is 10.1 Å². The molecule has 1 heterocycles. The predicted molar refractivity (Wildman–Crippen MR) is 99.1 cm³/mol. The summed E-state index contributed by atoms with van der Waals surface area (Å²) in [5.41, 5.74) is 2.31. The topological polar surface area (TPSA) is 38.3 Å². The van der Waals surface area contributed by atoms with E-state index in [1.165, 1.54) is 18.4 Å². The molecule has 0 saturated carbocycles. The van der Waals surface area contributed by atoms with Crippen LogP contribution in [0.5, 0.6) is 0 Å². The van der Waals surface area contributed by atoms with Gasteiger partial charge in [-0.1, -0.05) is 55.5 Å². The Hall–Kier alpha value is -2.25. The van der Waals surface area contributed by atoms with Crippen LogP contribution in [0.3, 0.4) is 0 Å². The molecule has 0 aliphatic heterocycles. The first kappa shape index (κ1) is 18.1. The summed E-state index contributed by atoms with van der Waals surface area (Å²) in [5, 5.41) is 4.81. The van der Waals surface area contributed by atoms with Gasteiger partial charge in [0, 0.05) is 13.0 Å². The molecule has 1 aromatic heterocycles. The highest BCUT2D eigenvalue weighted by molar-refractivity contribution is 7.10. The SMILES string of the molecule is CCCCc1ccsc1C#CCCNC(=O)OCc1ccccc1. The van der Waals surface area contributed by atoms with Crippen LogP contribution in [0.25, 0.3) is 0 Å². The van der Waals surface area contributed by atoms with Crippen molar-refractivity contribution in [2.24, 2.45) is 0 Å². The summed E-state index contributed by atoms with van der Waals surface area (Å²) in [7, 11) is 0. The van der Waals surface area contributed by atoms with Crippen LogP contribution >= 0.6 is 11.3 Å². The Bertz CT molecular complexity index is 682. The van der Waals surface area contributed by atoms with Gasteiger partial charge in [0.1, 0.15) is 6.61 Å². The summed E-state index contributed by atoms with van der Waals surface area (Å²) in [6, 6.07) is 11.8. The van der Waals surface area contributed by atoms with Crippen LogP contribution in [0, 0.1) is 11.8 Å². The zero-order valence-electron chi connectivity index (χ0n) is 14.0. The van der Waals surface area contributed by atoms with Crippen LogP contribution in [-0.2, 0) is 17.8 Å². The molecule has 3 nitrogen and oxygen atoms in total. The summed E-state index contributed by atoms with van der Waals surface area (Å²) in [6.45, 7) is 2.98. The molecule has 1 aromatic carbocycles. The van der Waals surface area contributed by atoms with E-state index in [0.29, 0.717) is 13.0 Å². The summed E-state index contributed by atoms with van der Waals surface area (Å²) < 4.78 is 5.15. The number of unbranched alkanes of at least 4 members (excludes halogenated alkanes) is 1. The summed E-state index contributed by atoms with van der Waals surface area (Å²) >= 11 is 1.68. The molecule has 1 amide bonds. The maximum atomic E-state index is 11.6. The number of benzene rings is 1. The number of thiophene rings is 1. The molecular weight excluding hydrogens is 318 g/mol. The third-order valence-corrected chi connectivity index (χ3v) is 4.35. The van der Waals surface area contributed by atoms with E-state index in [1.54, 1.807) is 11.3 Å². The van der Waals surface area contributed by atoms with Crippen LogP contribution in [0.1, 0.15) is 42.2 Å². The summed E-state index contributed by atoms with van der Waals surface area (Å²) in [4.78, 5) is 12.7. The molecule has 0 aliphatic carbocycles. The number of amides is 1. The highest BCUT2D eigenvalue weighted by atomic mass is 32.1. The van der Waals surface area contributed by atoms with Crippen molar-refractivity contribution in [1.29, 1.82) is 0 Å². The fourth-order valence-electron chi connectivity index (χ4n) is 2.15. The number of hydrogen-bond acceptors (Lipinski definition) is 3. The van der Waals surface area contributed by atoms with Crippen molar-refractivity contribution >= 4 is 17.4 Å². The minimum atomic E-state index is -0.402. The van der Waals surface area contributed by atoms with Crippen molar-refractivity contribution in [2.75, 3.05) is 6.54 Å². The minimum Gasteiger partial charge on any atom is -0.445 e. The lowest BCUT2D eigenvalue weighted by Crippen LogP contribution is -2.24. The van der Waals surface area contributed by atoms with Crippen LogP contribution < -0.4 is 5.32 Å². The molecule has 1 N–H and O–H groups in total. The van der Waals surface area contributed by atoms with Gasteiger partial charge in [0.2, 0.25) is 0 Å². The number of rotatable bonds is 7. The smallest absolute Gasteiger partial charge is 0.407 e. The van der Waals surface area contributed by atoms with E-state index in [2.05, 4.69) is 35.5 Å². The Morgan fingerprint density at radius 3 is 2.88 bits per heavy atom. The van der Waals surface area contributed by atoms with Gasteiger partial charge in [-0.3, -0.25) is 0 Å². The first-order valence-corrected chi connectivity index (χ1v) is 9.17. The number of aryl methyl sites for hydroxylation is 1. The quantitative estimate of drug-likeness (QED) is 0.582. The second kappa shape index (κ2) is 10.5. The molecule has 24 heavy (non-hydrogen) atoms. The van der Waals surface area contributed by atoms with E-state index < -0.39 is 6.09 Å². The Balaban J connectivity index is 1.66. The molecule has 4 heteroatoms. The Morgan fingerprint density at radius 1 is 1.25 bits per heavy atom. The first-order valence-electron chi connectivity index (χ1n) is 8.29. The van der Waals surface area contributed by atoms with Crippen molar-refractivity contribution in [2.45, 2.75) is 39.2 Å². The number of alkyl carbamates (subject to hydrolysis) is 1. The number of carbonyl (C=O) groups is 1. The zero-order chi connectivity index (χ0) is 17.0. The molecule has 0 radical (unpaired) electrons. The van der Waals surface area contributed by atoms with Gasteiger partial charge in [-0.25, -0.2) is 4.79 Å². The second-order valence-corrected chi connectivity index (χ2v) is 6.33. The van der Waals surface area contributed by atoms with Crippen molar-refractivity contribution in [3.05, 3.63) is 57.8 Å². The predicted octanol–water partition coefficient (Wildman–Crippen LogP) is 4.76. The zero-order valence-corrected chi connectivity index (χ0v) is 14.8. The number of ether oxygens (including phenoxy) is 1. The molecule has 126 valence electrons. The van der Waals surface area contributed by atoms with Crippen molar-refractivity contribution < 1.29 is 9.53 Å². The van der Waals surface area contributed by atoms with Gasteiger partial charge in [0.25, 0.3) is 0 Å². The van der Waals surface area contributed by atoms with E-state index in [0.717, 1.165) is 16.9 Å². The molecule has 0 fully saturated rings. The van der Waals surface area contributed by atoms with Crippen LogP contribution in [0.2, 0.25) is 0 Å². The highest BCUT2D eigenvalue weighted by Crippen LogP contribution is 2.17. The van der Waals surface area contributed by atoms with Gasteiger partial charge >= 0.3 is 6.09 Å². The lowest BCUT2D eigenvalue weighted by Gasteiger charge is -2.05. The molecule has 0 aliphatic rings. The molecule has 0 unspecified atom stereocenters. The van der Waals surface area contributed by atoms with E-state index in [1.807, 2.05) is 30.3 Å². The number of hydrogen-bond donors (Lipinski definition) is 1. The standard InChI is InChI=1S/C20H23NO2S/c1-2-3-11-18-13-15-24-19(18)12-7-8-14-21-20(22)23-16-17-9-5-4-6-10-17/h4-6,9-10,13,15H,2-3,8,11,14,16H2,1H3,(H,21,22). The molecular formula is C20H23NO2S. The van der Waals surface area contributed by atoms with Crippen molar-refractivity contribution in [3.8, 4) is 11.8 Å². The van der Waals surface area contributed by atoms with E-state index >= 15 is 0 Å². The van der Waals surface area contributed by atoms with Crippen molar-refractivity contribution in [1.82, 2.24) is 5.32 Å². The van der Waals surface area contributed by atoms with Crippen LogP contribution in [0.4, 0.5) is 4.79 Å². The van der Waals surface area contributed by atoms with Crippen LogP contribution in [0.15, 0.2) is 41.8 Å². The van der Waals surface area contributed by atoms with E-state index in [4.69, 9.17) is 4.74 Å². The molecule has 2 aromatic rings. The molecule has 0 saturated heterocycles. The van der Waals surface area contributed by atoms with Crippen molar-refractivity contribution in [3.63, 3.8) is 0 Å². The largest absolute Gasteiger partial charge is 0.445 e. The number of carbonyl (C=O) groups excluding carboxylic acids is 1. The molecule has 0 atom stereocenters. The third kappa shape index (κ3) is 6.47. The molecule has 0 bridgehead atoms. The maximum Gasteiger partial charge on any atom is 0.407 e. The van der Waals surface area contributed by atoms with Gasteiger partial charge in [-0.05, 0) is 35.4 Å². The van der Waals surface area contributed by atoms with Gasteiger partial charge in [0.05, 0.1) is 4.88 Å². The summed E-state index contributed by atoms with van der Waals surface area (Å²) in [6.07, 6.45) is 3.69. The first-order chi connectivity index (χ1) is 11.8. The van der Waals surface area contributed by atoms with Crippen LogP contribution in [-0.4, -0.2) is 12.6 Å². The summed E-state index contributed by atoms with van der Waals surface area (Å²) in [5.74, 6) is 6.33. The Morgan fingerprint density at radius 2 is 2.08 bits per heavy atom. The third-order valence-electron chi connectivity index (χ3n) is 3.48. The average molecular weight is 341 g/mol. The lowest BCUT2D eigenvalue weighted by molar-refractivity contribution is 0.140. The van der Waals surface area contributed by atoms with Gasteiger partial charge in [-0.15, -0.1) is 11.3 Å².